The molecule has 0 saturated carbocycles. The van der Waals surface area contributed by atoms with Crippen molar-refractivity contribution in [2.75, 3.05) is 13.1 Å². The number of aromatic nitrogens is 5. The summed E-state index contributed by atoms with van der Waals surface area (Å²) in [6.45, 7) is 4.13. The summed E-state index contributed by atoms with van der Waals surface area (Å²) >= 11 is 0. The van der Waals surface area contributed by atoms with E-state index in [0.29, 0.717) is 11.8 Å². The zero-order chi connectivity index (χ0) is 13.1. The summed E-state index contributed by atoms with van der Waals surface area (Å²) in [5, 5.41) is 11.5. The molecule has 0 aromatic carbocycles. The van der Waals surface area contributed by atoms with Crippen molar-refractivity contribution in [1.29, 1.82) is 0 Å². The van der Waals surface area contributed by atoms with Crippen LogP contribution in [0.25, 0.3) is 0 Å². The van der Waals surface area contributed by atoms with Gasteiger partial charge in [-0.2, -0.15) is 10.1 Å². The van der Waals surface area contributed by atoms with Crippen LogP contribution in [-0.2, 0) is 6.42 Å². The van der Waals surface area contributed by atoms with Crippen LogP contribution in [0, 0.1) is 5.92 Å². The van der Waals surface area contributed by atoms with E-state index in [4.69, 9.17) is 4.52 Å². The first-order valence-electron chi connectivity index (χ1n) is 6.70. The third-order valence-electron chi connectivity index (χ3n) is 3.54. The van der Waals surface area contributed by atoms with E-state index in [2.05, 4.69) is 25.5 Å². The van der Waals surface area contributed by atoms with Gasteiger partial charge >= 0.3 is 0 Å². The smallest absolute Gasteiger partial charge is 0.251 e. The van der Waals surface area contributed by atoms with E-state index in [0.717, 1.165) is 25.3 Å². The van der Waals surface area contributed by atoms with Crippen molar-refractivity contribution in [3.63, 3.8) is 0 Å². The van der Waals surface area contributed by atoms with E-state index < -0.39 is 0 Å². The van der Waals surface area contributed by atoms with Crippen LogP contribution in [-0.4, -0.2) is 38.0 Å². The molecule has 0 amide bonds. The fraction of sp³-hybridized carbons (Fsp3) is 0.667. The van der Waals surface area contributed by atoms with Crippen molar-refractivity contribution in [3.8, 4) is 0 Å². The highest BCUT2D eigenvalue weighted by Crippen LogP contribution is 2.18. The van der Waals surface area contributed by atoms with Crippen LogP contribution in [0.3, 0.4) is 0 Å². The van der Waals surface area contributed by atoms with Crippen LogP contribution in [0.15, 0.2) is 17.2 Å². The molecule has 3 rings (SSSR count). The lowest BCUT2D eigenvalue weighted by molar-refractivity contribution is 0.326. The first-order valence-corrected chi connectivity index (χ1v) is 6.70. The highest BCUT2D eigenvalue weighted by molar-refractivity contribution is 4.94. The van der Waals surface area contributed by atoms with Gasteiger partial charge in [-0.15, -0.1) is 0 Å². The van der Waals surface area contributed by atoms with Crippen LogP contribution in [0.2, 0.25) is 0 Å². The second-order valence-electron chi connectivity index (χ2n) is 5.02. The lowest BCUT2D eigenvalue weighted by Crippen LogP contribution is -2.31. The Bertz CT molecular complexity index is 502. The Morgan fingerprint density at radius 1 is 1.58 bits per heavy atom. The summed E-state index contributed by atoms with van der Waals surface area (Å²) in [4.78, 5) is 8.39. The van der Waals surface area contributed by atoms with Gasteiger partial charge in [0.15, 0.2) is 5.82 Å². The van der Waals surface area contributed by atoms with Gasteiger partial charge in [-0.3, -0.25) is 0 Å². The maximum atomic E-state index is 5.32. The lowest BCUT2D eigenvalue weighted by Gasteiger charge is -2.20. The minimum atomic E-state index is -0.0757. The lowest BCUT2D eigenvalue weighted by atomic mass is 9.96. The number of nitrogens with one attached hydrogen (secondary N) is 1. The third kappa shape index (κ3) is 2.81. The Balaban J connectivity index is 1.65. The normalized spacial score (nSPS) is 21.4. The van der Waals surface area contributed by atoms with E-state index in [-0.39, 0.29) is 6.04 Å². The van der Waals surface area contributed by atoms with Gasteiger partial charge in [0.2, 0.25) is 0 Å². The van der Waals surface area contributed by atoms with E-state index >= 15 is 0 Å². The number of hydrogen-bond donors (Lipinski definition) is 1. The molecule has 0 spiro atoms. The van der Waals surface area contributed by atoms with Crippen molar-refractivity contribution in [2.45, 2.75) is 32.2 Å². The summed E-state index contributed by atoms with van der Waals surface area (Å²) in [5.41, 5.74) is 0. The Kier molecular flexibility index (Phi) is 3.54. The summed E-state index contributed by atoms with van der Waals surface area (Å²) in [5.74, 6) is 1.99. The summed E-state index contributed by atoms with van der Waals surface area (Å²) in [7, 11) is 0. The maximum absolute atomic E-state index is 5.32. The first-order chi connectivity index (χ1) is 9.33. The molecule has 1 saturated heterocycles. The summed E-state index contributed by atoms with van der Waals surface area (Å²) in [6.07, 6.45) is 6.49. The Labute approximate surface area is 111 Å². The van der Waals surface area contributed by atoms with Crippen molar-refractivity contribution >= 4 is 0 Å². The second kappa shape index (κ2) is 5.48. The molecule has 2 unspecified atom stereocenters. The molecule has 19 heavy (non-hydrogen) atoms. The van der Waals surface area contributed by atoms with E-state index in [9.17, 15) is 0 Å². The van der Waals surface area contributed by atoms with Crippen molar-refractivity contribution in [3.05, 3.63) is 24.4 Å². The van der Waals surface area contributed by atoms with Crippen molar-refractivity contribution in [2.24, 2.45) is 5.92 Å². The molecule has 0 aliphatic carbocycles. The van der Waals surface area contributed by atoms with Gasteiger partial charge in [0.25, 0.3) is 5.89 Å². The average molecular weight is 262 g/mol. The van der Waals surface area contributed by atoms with Crippen LogP contribution < -0.4 is 5.32 Å². The molecule has 2 aromatic rings. The summed E-state index contributed by atoms with van der Waals surface area (Å²) in [6, 6.07) is -0.0757. The molecule has 7 nitrogen and oxygen atoms in total. The Morgan fingerprint density at radius 3 is 3.26 bits per heavy atom. The molecule has 0 radical (unpaired) electrons. The van der Waals surface area contributed by atoms with Gasteiger partial charge in [-0.1, -0.05) is 5.16 Å². The molecule has 2 aromatic heterocycles. The number of rotatable bonds is 4. The van der Waals surface area contributed by atoms with Gasteiger partial charge in [-0.05, 0) is 38.8 Å². The number of nitrogens with zero attached hydrogens (tertiary/aromatic N) is 5. The zero-order valence-corrected chi connectivity index (χ0v) is 11.0. The largest absolute Gasteiger partial charge is 0.337 e. The van der Waals surface area contributed by atoms with Crippen LogP contribution in [0.1, 0.15) is 37.5 Å². The third-order valence-corrected chi connectivity index (χ3v) is 3.54. The summed E-state index contributed by atoms with van der Waals surface area (Å²) < 4.78 is 7.03. The van der Waals surface area contributed by atoms with Crippen LogP contribution >= 0.6 is 0 Å². The van der Waals surface area contributed by atoms with Crippen LogP contribution in [0.5, 0.6) is 0 Å². The van der Waals surface area contributed by atoms with Gasteiger partial charge in [0.05, 0.1) is 0 Å². The molecule has 102 valence electrons. The minimum absolute atomic E-state index is 0.0757. The first kappa shape index (κ1) is 12.3. The van der Waals surface area contributed by atoms with Gasteiger partial charge in [0, 0.05) is 6.42 Å². The molecule has 1 aliphatic heterocycles. The van der Waals surface area contributed by atoms with E-state index in [1.54, 1.807) is 11.0 Å². The fourth-order valence-corrected chi connectivity index (χ4v) is 2.41. The molecule has 3 heterocycles. The molecular formula is C12H18N6O. The number of piperidine rings is 1. The average Bonchev–Trinajstić information content (AvgIpc) is 3.10. The fourth-order valence-electron chi connectivity index (χ4n) is 2.41. The van der Waals surface area contributed by atoms with Crippen molar-refractivity contribution < 1.29 is 4.52 Å². The quantitative estimate of drug-likeness (QED) is 0.878. The SMILES string of the molecule is CC(c1nc(CC2CCCNC2)no1)n1cncn1. The molecular weight excluding hydrogens is 244 g/mol. The standard InChI is InChI=1S/C12H18N6O/c1-9(18-8-14-7-15-18)12-16-11(17-19-12)5-10-3-2-4-13-6-10/h7-10,13H,2-6H2,1H3. The van der Waals surface area contributed by atoms with E-state index in [1.165, 1.54) is 19.2 Å². The number of hydrogen-bond acceptors (Lipinski definition) is 6. The van der Waals surface area contributed by atoms with Gasteiger partial charge in [-0.25, -0.2) is 9.67 Å². The molecule has 1 N–H and O–H groups in total. The predicted molar refractivity (Wildman–Crippen MR) is 67.4 cm³/mol. The van der Waals surface area contributed by atoms with Gasteiger partial charge < -0.3 is 9.84 Å². The minimum Gasteiger partial charge on any atom is -0.337 e. The predicted octanol–water partition coefficient (Wildman–Crippen LogP) is 0.812. The Hall–Kier alpha value is -1.76. The molecule has 1 aliphatic rings. The maximum Gasteiger partial charge on any atom is 0.251 e. The topological polar surface area (TPSA) is 81.7 Å². The molecule has 0 bridgehead atoms. The zero-order valence-electron chi connectivity index (χ0n) is 11.0. The van der Waals surface area contributed by atoms with Gasteiger partial charge in [0.1, 0.15) is 18.7 Å². The molecule has 7 heteroatoms. The Morgan fingerprint density at radius 2 is 2.53 bits per heavy atom. The van der Waals surface area contributed by atoms with Crippen molar-refractivity contribution in [1.82, 2.24) is 30.2 Å². The van der Waals surface area contributed by atoms with E-state index in [1.807, 2.05) is 6.92 Å². The monoisotopic (exact) mass is 262 g/mol. The molecule has 1 fully saturated rings. The second-order valence-corrected chi connectivity index (χ2v) is 5.02. The highest BCUT2D eigenvalue weighted by Gasteiger charge is 2.20. The van der Waals surface area contributed by atoms with Crippen LogP contribution in [0.4, 0.5) is 0 Å². The molecule has 2 atom stereocenters. The highest BCUT2D eigenvalue weighted by atomic mass is 16.5.